The first-order chi connectivity index (χ1) is 13.7. The maximum atomic E-state index is 13.2. The van der Waals surface area contributed by atoms with E-state index in [4.69, 9.17) is 11.6 Å². The van der Waals surface area contributed by atoms with Crippen LogP contribution in [-0.2, 0) is 6.18 Å². The lowest BCUT2D eigenvalue weighted by molar-refractivity contribution is -0.137. The Morgan fingerprint density at radius 1 is 1.10 bits per heavy atom. The molecule has 0 spiro atoms. The van der Waals surface area contributed by atoms with E-state index in [-0.39, 0.29) is 11.6 Å². The summed E-state index contributed by atoms with van der Waals surface area (Å²) in [6, 6.07) is 13.2. The second-order valence-electron chi connectivity index (χ2n) is 7.57. The molecule has 1 aliphatic heterocycles. The van der Waals surface area contributed by atoms with E-state index in [0.29, 0.717) is 18.6 Å². The number of benzene rings is 2. The number of halogens is 4. The van der Waals surface area contributed by atoms with E-state index in [2.05, 4.69) is 24.1 Å². The number of likely N-dealkylation sites (tertiary alicyclic amines) is 1. The number of rotatable bonds is 5. The summed E-state index contributed by atoms with van der Waals surface area (Å²) in [5, 5.41) is 2.33. The smallest absolute Gasteiger partial charge is 0.344 e. The van der Waals surface area contributed by atoms with Crippen molar-refractivity contribution < 1.29 is 18.0 Å². The number of carbonyl (C=O) groups is 1. The molecule has 0 aromatic heterocycles. The molecule has 1 N–H and O–H groups in total. The van der Waals surface area contributed by atoms with E-state index >= 15 is 0 Å². The average molecular weight is 425 g/mol. The molecule has 1 amide bonds. The van der Waals surface area contributed by atoms with Gasteiger partial charge in [-0.25, -0.2) is 0 Å². The van der Waals surface area contributed by atoms with Gasteiger partial charge in [0.05, 0.1) is 22.2 Å². The number of nitrogens with zero attached hydrogens (tertiary/aromatic N) is 1. The van der Waals surface area contributed by atoms with Crippen LogP contribution >= 0.6 is 11.6 Å². The first-order valence-corrected chi connectivity index (χ1v) is 10.0. The van der Waals surface area contributed by atoms with Crippen LogP contribution in [0, 0.1) is 0 Å². The third-order valence-corrected chi connectivity index (χ3v) is 5.99. The summed E-state index contributed by atoms with van der Waals surface area (Å²) < 4.78 is 39.5. The molecule has 29 heavy (non-hydrogen) atoms. The van der Waals surface area contributed by atoms with Crippen molar-refractivity contribution in [3.63, 3.8) is 0 Å². The zero-order chi connectivity index (χ0) is 21.2. The second kappa shape index (κ2) is 8.76. The molecular formula is C22H24ClF3N2O. The molecule has 1 fully saturated rings. The molecular weight excluding hydrogens is 401 g/mol. The van der Waals surface area contributed by atoms with Crippen molar-refractivity contribution in [1.82, 2.24) is 10.2 Å². The summed E-state index contributed by atoms with van der Waals surface area (Å²) in [5.74, 6) is -0.616. The molecule has 1 heterocycles. The van der Waals surface area contributed by atoms with Gasteiger partial charge in [0.1, 0.15) is 0 Å². The SMILES string of the molecule is CC1CCC(C)N1C[C@@H](NC(=O)c1cccc(C(F)(F)F)c1Cl)c1ccccc1. The lowest BCUT2D eigenvalue weighted by atomic mass is 10.0. The van der Waals surface area contributed by atoms with Crippen LogP contribution in [0.3, 0.4) is 0 Å². The number of alkyl halides is 3. The van der Waals surface area contributed by atoms with Gasteiger partial charge in [-0.2, -0.15) is 13.2 Å². The standard InChI is InChI=1S/C22H24ClF3N2O/c1-14-11-12-15(2)28(14)13-19(16-7-4-3-5-8-16)27-21(29)17-9-6-10-18(20(17)23)22(24,25)26/h3-10,14-15,19H,11-13H2,1-2H3,(H,27,29)/t14?,15?,19-/m1/s1. The average Bonchev–Trinajstić information content (AvgIpc) is 2.99. The molecule has 2 aromatic rings. The van der Waals surface area contributed by atoms with Gasteiger partial charge in [-0.3, -0.25) is 9.69 Å². The largest absolute Gasteiger partial charge is 0.417 e. The fraction of sp³-hybridized carbons (Fsp3) is 0.409. The Balaban J connectivity index is 1.87. The number of carbonyl (C=O) groups excluding carboxylic acids is 1. The Morgan fingerprint density at radius 2 is 1.72 bits per heavy atom. The fourth-order valence-corrected chi connectivity index (χ4v) is 4.22. The minimum Gasteiger partial charge on any atom is -0.344 e. The summed E-state index contributed by atoms with van der Waals surface area (Å²) in [5.41, 5.74) is -0.287. The van der Waals surface area contributed by atoms with Gasteiger partial charge in [-0.15, -0.1) is 0 Å². The predicted octanol–water partition coefficient (Wildman–Crippen LogP) is 5.70. The van der Waals surface area contributed by atoms with Gasteiger partial charge < -0.3 is 5.32 Å². The summed E-state index contributed by atoms with van der Waals surface area (Å²) in [7, 11) is 0. The summed E-state index contributed by atoms with van der Waals surface area (Å²) in [6.07, 6.45) is -2.46. The van der Waals surface area contributed by atoms with E-state index in [1.807, 2.05) is 30.3 Å². The van der Waals surface area contributed by atoms with E-state index in [0.717, 1.165) is 24.5 Å². The van der Waals surface area contributed by atoms with Gasteiger partial charge >= 0.3 is 6.18 Å². The van der Waals surface area contributed by atoms with Crippen LogP contribution in [0.15, 0.2) is 48.5 Å². The van der Waals surface area contributed by atoms with E-state index in [1.54, 1.807) is 0 Å². The zero-order valence-corrected chi connectivity index (χ0v) is 17.1. The quantitative estimate of drug-likeness (QED) is 0.667. The molecule has 3 rings (SSSR count). The molecule has 2 unspecified atom stereocenters. The first kappa shape index (κ1) is 21.7. The lowest BCUT2D eigenvalue weighted by Crippen LogP contribution is -2.42. The monoisotopic (exact) mass is 424 g/mol. The number of hydrogen-bond donors (Lipinski definition) is 1. The molecule has 3 nitrogen and oxygen atoms in total. The van der Waals surface area contributed by atoms with Gasteiger partial charge in [-0.1, -0.05) is 48.0 Å². The Kier molecular flexibility index (Phi) is 6.54. The van der Waals surface area contributed by atoms with Crippen LogP contribution in [0.2, 0.25) is 5.02 Å². The van der Waals surface area contributed by atoms with Crippen LogP contribution in [0.1, 0.15) is 54.2 Å². The van der Waals surface area contributed by atoms with Crippen molar-refractivity contribution >= 4 is 17.5 Å². The van der Waals surface area contributed by atoms with Crippen molar-refractivity contribution in [2.24, 2.45) is 0 Å². The van der Waals surface area contributed by atoms with Gasteiger partial charge in [0.15, 0.2) is 0 Å². The molecule has 0 aliphatic carbocycles. The summed E-state index contributed by atoms with van der Waals surface area (Å²) in [6.45, 7) is 4.88. The third-order valence-electron chi connectivity index (χ3n) is 5.58. The van der Waals surface area contributed by atoms with Crippen molar-refractivity contribution in [3.8, 4) is 0 Å². The first-order valence-electron chi connectivity index (χ1n) is 9.65. The van der Waals surface area contributed by atoms with Gasteiger partial charge in [0.25, 0.3) is 5.91 Å². The van der Waals surface area contributed by atoms with Crippen molar-refractivity contribution in [2.45, 2.75) is 51.0 Å². The Labute approximate surface area is 173 Å². The molecule has 1 aliphatic rings. The summed E-state index contributed by atoms with van der Waals surface area (Å²) >= 11 is 5.94. The minimum absolute atomic E-state index is 0.176. The highest BCUT2D eigenvalue weighted by Crippen LogP contribution is 2.36. The molecule has 0 radical (unpaired) electrons. The highest BCUT2D eigenvalue weighted by Gasteiger charge is 2.35. The van der Waals surface area contributed by atoms with Crippen LogP contribution in [-0.4, -0.2) is 29.4 Å². The van der Waals surface area contributed by atoms with Gasteiger partial charge in [0.2, 0.25) is 0 Å². The van der Waals surface area contributed by atoms with Crippen molar-refractivity contribution in [3.05, 3.63) is 70.2 Å². The molecule has 1 saturated heterocycles. The summed E-state index contributed by atoms with van der Waals surface area (Å²) in [4.78, 5) is 15.2. The Hall–Kier alpha value is -2.05. The third kappa shape index (κ3) is 4.93. The number of hydrogen-bond acceptors (Lipinski definition) is 2. The molecule has 2 aromatic carbocycles. The van der Waals surface area contributed by atoms with Gasteiger partial charge in [-0.05, 0) is 44.4 Å². The maximum absolute atomic E-state index is 13.2. The lowest BCUT2D eigenvalue weighted by Gasteiger charge is -2.31. The minimum atomic E-state index is -4.62. The van der Waals surface area contributed by atoms with Crippen molar-refractivity contribution in [2.75, 3.05) is 6.54 Å². The van der Waals surface area contributed by atoms with E-state index < -0.39 is 22.7 Å². The van der Waals surface area contributed by atoms with E-state index in [1.165, 1.54) is 12.1 Å². The van der Waals surface area contributed by atoms with Gasteiger partial charge in [0, 0.05) is 18.6 Å². The highest BCUT2D eigenvalue weighted by atomic mass is 35.5. The fourth-order valence-electron chi connectivity index (χ4n) is 3.90. The molecule has 0 bridgehead atoms. The normalized spacial score (nSPS) is 21.2. The maximum Gasteiger partial charge on any atom is 0.417 e. The Morgan fingerprint density at radius 3 is 2.31 bits per heavy atom. The Bertz CT molecular complexity index is 847. The molecule has 0 saturated carbocycles. The van der Waals surface area contributed by atoms with Crippen LogP contribution in [0.5, 0.6) is 0 Å². The highest BCUT2D eigenvalue weighted by molar-refractivity contribution is 6.34. The molecule has 7 heteroatoms. The van der Waals surface area contributed by atoms with Crippen molar-refractivity contribution in [1.29, 1.82) is 0 Å². The number of nitrogens with one attached hydrogen (secondary N) is 1. The van der Waals surface area contributed by atoms with E-state index in [9.17, 15) is 18.0 Å². The zero-order valence-electron chi connectivity index (χ0n) is 16.3. The molecule has 3 atom stereocenters. The topological polar surface area (TPSA) is 32.3 Å². The predicted molar refractivity (Wildman–Crippen MR) is 108 cm³/mol. The molecule has 156 valence electrons. The van der Waals surface area contributed by atoms with Crippen LogP contribution in [0.25, 0.3) is 0 Å². The van der Waals surface area contributed by atoms with Crippen LogP contribution < -0.4 is 5.32 Å². The van der Waals surface area contributed by atoms with Crippen LogP contribution in [0.4, 0.5) is 13.2 Å². The second-order valence-corrected chi connectivity index (χ2v) is 7.95. The number of amides is 1.